The molecule has 0 unspecified atom stereocenters. The van der Waals surface area contributed by atoms with Crippen molar-refractivity contribution in [2.24, 2.45) is 0 Å². The largest absolute Gasteiger partial charge is 0.416 e. The highest BCUT2D eigenvalue weighted by Gasteiger charge is 2.35. The zero-order valence-electron chi connectivity index (χ0n) is 19.5. The number of alkyl halides is 3. The van der Waals surface area contributed by atoms with E-state index < -0.39 is 11.7 Å². The van der Waals surface area contributed by atoms with Gasteiger partial charge in [-0.05, 0) is 37.3 Å². The maximum atomic E-state index is 13.2. The summed E-state index contributed by atoms with van der Waals surface area (Å²) in [7, 11) is 2.04. The number of thioether (sulfide) groups is 2. The fraction of sp³-hybridized carbons (Fsp3) is 0.192. The van der Waals surface area contributed by atoms with Crippen molar-refractivity contribution in [1.82, 2.24) is 4.90 Å². The van der Waals surface area contributed by atoms with Crippen LogP contribution in [0.4, 0.5) is 18.9 Å². The van der Waals surface area contributed by atoms with Crippen molar-refractivity contribution in [3.8, 4) is 0 Å². The van der Waals surface area contributed by atoms with Crippen LogP contribution in [0.1, 0.15) is 23.1 Å². The van der Waals surface area contributed by atoms with Crippen LogP contribution in [0.25, 0.3) is 6.08 Å². The predicted molar refractivity (Wildman–Crippen MR) is 145 cm³/mol. The number of thiazole rings is 1. The van der Waals surface area contributed by atoms with Gasteiger partial charge in [-0.1, -0.05) is 65.2 Å². The maximum Gasteiger partial charge on any atom is 0.416 e. The zero-order valence-corrected chi connectivity index (χ0v) is 22.7. The molecule has 0 spiro atoms. The number of hydrogen-bond acceptors (Lipinski definition) is 5. The number of likely N-dealkylation sites (N-methyl/N-ethyl adjacent to an activating group) is 1. The lowest BCUT2D eigenvalue weighted by Gasteiger charge is -2.18. The molecule has 0 aliphatic carbocycles. The Morgan fingerprint density at radius 2 is 1.94 bits per heavy atom. The molecule has 3 heterocycles. The molecule has 3 aromatic rings. The molecule has 0 radical (unpaired) electrons. The van der Waals surface area contributed by atoms with Crippen LogP contribution >= 0.6 is 46.5 Å². The maximum absolute atomic E-state index is 13.2. The lowest BCUT2D eigenvalue weighted by Crippen LogP contribution is -2.34. The molecule has 3 nitrogen and oxygen atoms in total. The van der Waals surface area contributed by atoms with E-state index >= 15 is 0 Å². The Morgan fingerprint density at radius 3 is 2.69 bits per heavy atom. The van der Waals surface area contributed by atoms with E-state index in [0.717, 1.165) is 48.9 Å². The monoisotopic (exact) mass is 564 g/mol. The van der Waals surface area contributed by atoms with Gasteiger partial charge in [-0.25, -0.2) is 0 Å². The Balaban J connectivity index is 1.45. The number of anilines is 1. The molecule has 1 aromatic heterocycles. The molecule has 0 saturated carbocycles. The Morgan fingerprint density at radius 1 is 1.14 bits per heavy atom. The standard InChI is InChI=1S/C26H22ClF3N3S3/c1-4-33-16(2)24(25-31(3)20-9-8-19(27)13-21(20)35-25)36-23(33)14-22-32(10-11-34-22)15-17-6-5-7-18(12-17)26(28,29)30/h5-14H,2,4,15H2,1,3H3/q+1/b25-24+. The third-order valence-corrected chi connectivity index (χ3v) is 9.55. The number of rotatable bonds is 4. The zero-order chi connectivity index (χ0) is 25.6. The summed E-state index contributed by atoms with van der Waals surface area (Å²) >= 11 is 11.1. The van der Waals surface area contributed by atoms with Crippen LogP contribution in [-0.2, 0) is 12.7 Å². The molecule has 2 aromatic carbocycles. The van der Waals surface area contributed by atoms with E-state index in [1.807, 2.05) is 41.4 Å². The van der Waals surface area contributed by atoms with Crippen molar-refractivity contribution in [3.05, 3.63) is 102 Å². The summed E-state index contributed by atoms with van der Waals surface area (Å²) in [5.74, 6) is 0. The highest BCUT2D eigenvalue weighted by atomic mass is 35.5. The van der Waals surface area contributed by atoms with Gasteiger partial charge in [-0.15, -0.1) is 0 Å². The van der Waals surface area contributed by atoms with Crippen LogP contribution in [0.15, 0.2) is 86.2 Å². The SMILES string of the molecule is C=C1/C(=C2\Sc3cc(Cl)ccc3N2C)S/C(=C\c2scc[n+]2Cc2cccc(C(F)(F)F)c2)N1CC. The number of aromatic nitrogens is 1. The Kier molecular flexibility index (Phi) is 6.93. The van der Waals surface area contributed by atoms with E-state index in [1.165, 1.54) is 12.1 Å². The molecule has 0 bridgehead atoms. The van der Waals surface area contributed by atoms with Gasteiger partial charge in [0.15, 0.2) is 12.7 Å². The lowest BCUT2D eigenvalue weighted by molar-refractivity contribution is -0.685. The van der Waals surface area contributed by atoms with E-state index in [9.17, 15) is 13.2 Å². The average molecular weight is 565 g/mol. The van der Waals surface area contributed by atoms with Gasteiger partial charge in [-0.2, -0.15) is 17.7 Å². The van der Waals surface area contributed by atoms with Crippen LogP contribution < -0.4 is 9.47 Å². The van der Waals surface area contributed by atoms with E-state index in [2.05, 4.69) is 29.4 Å². The average Bonchev–Trinajstić information content (AvgIpc) is 3.49. The van der Waals surface area contributed by atoms with Crippen molar-refractivity contribution in [3.63, 3.8) is 0 Å². The molecule has 2 aliphatic heterocycles. The molecule has 2 aliphatic rings. The van der Waals surface area contributed by atoms with Gasteiger partial charge in [0, 0.05) is 29.1 Å². The fourth-order valence-corrected chi connectivity index (χ4v) is 7.81. The van der Waals surface area contributed by atoms with Gasteiger partial charge in [0.25, 0.3) is 5.01 Å². The molecule has 0 atom stereocenters. The van der Waals surface area contributed by atoms with Crippen molar-refractivity contribution < 1.29 is 17.7 Å². The first-order valence-corrected chi connectivity index (χ1v) is 14.0. The predicted octanol–water partition coefficient (Wildman–Crippen LogP) is 8.05. The van der Waals surface area contributed by atoms with Gasteiger partial charge in [0.1, 0.15) is 0 Å². The number of halogens is 4. The normalized spacial score (nSPS) is 19.1. The third kappa shape index (κ3) is 4.81. The second kappa shape index (κ2) is 9.85. The summed E-state index contributed by atoms with van der Waals surface area (Å²) in [5, 5.41) is 5.75. The highest BCUT2D eigenvalue weighted by Crippen LogP contribution is 2.54. The van der Waals surface area contributed by atoms with Crippen molar-refractivity contribution in [2.75, 3.05) is 18.5 Å². The smallest absolute Gasteiger partial charge is 0.337 e. The lowest BCUT2D eigenvalue weighted by atomic mass is 10.1. The van der Waals surface area contributed by atoms with Crippen molar-refractivity contribution >= 4 is 58.2 Å². The minimum Gasteiger partial charge on any atom is -0.337 e. The molecular formula is C26H22ClF3N3S3+. The summed E-state index contributed by atoms with van der Waals surface area (Å²) in [6, 6.07) is 11.4. The van der Waals surface area contributed by atoms with Gasteiger partial charge in [0.05, 0.1) is 43.4 Å². The highest BCUT2D eigenvalue weighted by molar-refractivity contribution is 8.09. The summed E-state index contributed by atoms with van der Waals surface area (Å²) < 4.78 is 41.5. The van der Waals surface area contributed by atoms with Crippen LogP contribution in [0.5, 0.6) is 0 Å². The second-order valence-corrected chi connectivity index (χ2v) is 11.7. The van der Waals surface area contributed by atoms with Crippen molar-refractivity contribution in [1.29, 1.82) is 0 Å². The van der Waals surface area contributed by atoms with Gasteiger partial charge >= 0.3 is 6.18 Å². The Labute approximate surface area is 225 Å². The minimum absolute atomic E-state index is 0.354. The van der Waals surface area contributed by atoms with Gasteiger partial charge in [0.2, 0.25) is 0 Å². The fourth-order valence-electron chi connectivity index (χ4n) is 4.13. The van der Waals surface area contributed by atoms with E-state index in [-0.39, 0.29) is 0 Å². The number of benzene rings is 2. The van der Waals surface area contributed by atoms with E-state index in [0.29, 0.717) is 17.1 Å². The topological polar surface area (TPSA) is 10.4 Å². The first-order chi connectivity index (χ1) is 17.2. The van der Waals surface area contributed by atoms with Crippen LogP contribution in [0.2, 0.25) is 5.02 Å². The Bertz CT molecular complexity index is 1410. The molecule has 5 rings (SSSR count). The van der Waals surface area contributed by atoms with Gasteiger partial charge in [-0.3, -0.25) is 0 Å². The molecular weight excluding hydrogens is 543 g/mol. The van der Waals surface area contributed by atoms with E-state index in [1.54, 1.807) is 40.9 Å². The van der Waals surface area contributed by atoms with E-state index in [4.69, 9.17) is 11.6 Å². The second-order valence-electron chi connectivity index (χ2n) is 8.25. The summed E-state index contributed by atoms with van der Waals surface area (Å²) in [6.45, 7) is 7.57. The molecule has 1 fully saturated rings. The number of nitrogens with zero attached hydrogens (tertiary/aromatic N) is 3. The summed E-state index contributed by atoms with van der Waals surface area (Å²) in [4.78, 5) is 6.54. The van der Waals surface area contributed by atoms with Crippen LogP contribution in [0, 0.1) is 0 Å². The van der Waals surface area contributed by atoms with Crippen LogP contribution in [-0.4, -0.2) is 18.5 Å². The third-order valence-electron chi connectivity index (χ3n) is 5.93. The van der Waals surface area contributed by atoms with Crippen LogP contribution in [0.3, 0.4) is 0 Å². The summed E-state index contributed by atoms with van der Waals surface area (Å²) in [5.41, 5.74) is 2.01. The Hall–Kier alpha value is -2.33. The van der Waals surface area contributed by atoms with Crippen molar-refractivity contribution in [2.45, 2.75) is 24.5 Å². The first kappa shape index (κ1) is 25.3. The molecule has 10 heteroatoms. The first-order valence-electron chi connectivity index (χ1n) is 11.1. The number of hydrogen-bond donors (Lipinski definition) is 0. The minimum atomic E-state index is -4.36. The summed E-state index contributed by atoms with van der Waals surface area (Å²) in [6.07, 6.45) is -0.361. The number of fused-ring (bicyclic) bond motifs is 1. The molecule has 36 heavy (non-hydrogen) atoms. The molecule has 1 saturated heterocycles. The van der Waals surface area contributed by atoms with Gasteiger partial charge < -0.3 is 9.80 Å². The molecule has 186 valence electrons. The molecule has 0 amide bonds. The quantitative estimate of drug-likeness (QED) is 0.297. The molecule has 0 N–H and O–H groups in total.